The Hall–Kier alpha value is -0.640. The van der Waals surface area contributed by atoms with Crippen molar-refractivity contribution in [3.8, 4) is 0 Å². The second-order valence-electron chi connectivity index (χ2n) is 1.27. The molecular weight excluding hydrogens is 115 g/mol. The Balaban J connectivity index is 3.24. The van der Waals surface area contributed by atoms with Crippen molar-refractivity contribution in [1.82, 2.24) is 0 Å². The van der Waals surface area contributed by atoms with Gasteiger partial charge in [0.15, 0.2) is 0 Å². The van der Waals surface area contributed by atoms with Crippen molar-refractivity contribution < 1.29 is 19.0 Å². The van der Waals surface area contributed by atoms with E-state index in [1.54, 1.807) is 0 Å². The van der Waals surface area contributed by atoms with Gasteiger partial charge in [0.1, 0.15) is 0 Å². The molecule has 0 spiro atoms. The van der Waals surface area contributed by atoms with E-state index in [0.717, 1.165) is 0 Å². The molecule has 0 aromatic rings. The van der Waals surface area contributed by atoms with Crippen LogP contribution in [0.5, 0.6) is 0 Å². The van der Waals surface area contributed by atoms with Gasteiger partial charge in [-0.3, -0.25) is 4.79 Å². The summed E-state index contributed by atoms with van der Waals surface area (Å²) >= 11 is 0. The topological polar surface area (TPSA) is 35.5 Å². The molecule has 0 saturated carbocycles. The van der Waals surface area contributed by atoms with E-state index in [1.165, 1.54) is 13.8 Å². The summed E-state index contributed by atoms with van der Waals surface area (Å²) in [6, 6.07) is 0. The molecule has 3 nitrogen and oxygen atoms in total. The minimum Gasteiger partial charge on any atom is -0.433 e. The van der Waals surface area contributed by atoms with E-state index in [2.05, 4.69) is 9.68 Å². The third-order valence-electron chi connectivity index (χ3n) is 0.457. The molecule has 0 radical (unpaired) electrons. The molecule has 8 heavy (non-hydrogen) atoms. The molecule has 0 heterocycles. The Morgan fingerprint density at radius 2 is 2.25 bits per heavy atom. The predicted octanol–water partition coefficient (Wildman–Crippen LogP) is 0.797. The molecule has 0 aromatic heterocycles. The fraction of sp³-hybridized carbons (Fsp3) is 0.750. The maximum absolute atomic E-state index is 11.0. The van der Waals surface area contributed by atoms with Gasteiger partial charge in [0.05, 0.1) is 0 Å². The average molecular weight is 122 g/mol. The molecule has 0 aromatic carbocycles. The molecule has 1 atom stereocenters. The van der Waals surface area contributed by atoms with Crippen LogP contribution in [0.2, 0.25) is 0 Å². The second-order valence-corrected chi connectivity index (χ2v) is 1.27. The largest absolute Gasteiger partial charge is 0.433 e. The molecular formula is C4H7FO3. The van der Waals surface area contributed by atoms with Crippen LogP contribution >= 0.6 is 0 Å². The number of hydrogen-bond donors (Lipinski definition) is 0. The SMILES string of the molecule is CC(=O)OC(C)OF. The highest BCUT2D eigenvalue weighted by Crippen LogP contribution is 1.92. The minimum absolute atomic E-state index is 0.560. The van der Waals surface area contributed by atoms with E-state index in [-0.39, 0.29) is 0 Å². The number of carbonyl (C=O) groups is 1. The van der Waals surface area contributed by atoms with Gasteiger partial charge in [0.25, 0.3) is 0 Å². The summed E-state index contributed by atoms with van der Waals surface area (Å²) in [5.74, 6) is -0.560. The van der Waals surface area contributed by atoms with Gasteiger partial charge in [-0.2, -0.15) is 0 Å². The summed E-state index contributed by atoms with van der Waals surface area (Å²) in [5, 5.41) is 0. The Morgan fingerprint density at radius 1 is 1.75 bits per heavy atom. The number of rotatable bonds is 2. The Bertz CT molecular complexity index is 83.4. The average Bonchev–Trinajstić information content (AvgIpc) is 1.65. The van der Waals surface area contributed by atoms with Crippen molar-refractivity contribution >= 4 is 5.97 Å². The van der Waals surface area contributed by atoms with Crippen molar-refractivity contribution in [2.75, 3.05) is 0 Å². The molecule has 0 saturated heterocycles. The van der Waals surface area contributed by atoms with Crippen molar-refractivity contribution in [3.63, 3.8) is 0 Å². The van der Waals surface area contributed by atoms with E-state index in [0.29, 0.717) is 0 Å². The van der Waals surface area contributed by atoms with Gasteiger partial charge >= 0.3 is 5.97 Å². The lowest BCUT2D eigenvalue weighted by Gasteiger charge is -2.03. The van der Waals surface area contributed by atoms with E-state index in [1.807, 2.05) is 0 Å². The first-order valence-corrected chi connectivity index (χ1v) is 2.11. The lowest BCUT2D eigenvalue weighted by molar-refractivity contribution is -0.258. The van der Waals surface area contributed by atoms with Gasteiger partial charge in [0.2, 0.25) is 6.29 Å². The molecule has 48 valence electrons. The van der Waals surface area contributed by atoms with Crippen molar-refractivity contribution in [1.29, 1.82) is 0 Å². The number of esters is 1. The summed E-state index contributed by atoms with van der Waals surface area (Å²) < 4.78 is 15.1. The molecule has 0 aliphatic heterocycles. The third kappa shape index (κ3) is 3.55. The van der Waals surface area contributed by atoms with Gasteiger partial charge in [-0.25, -0.2) is 0 Å². The normalized spacial score (nSPS) is 12.9. The van der Waals surface area contributed by atoms with Crippen LogP contribution in [0.25, 0.3) is 0 Å². The van der Waals surface area contributed by atoms with Crippen LogP contribution in [-0.4, -0.2) is 12.3 Å². The smallest absolute Gasteiger partial charge is 0.305 e. The van der Waals surface area contributed by atoms with Crippen LogP contribution < -0.4 is 0 Å². The number of ether oxygens (including phenoxy) is 1. The summed E-state index contributed by atoms with van der Waals surface area (Å²) in [7, 11) is 0. The molecule has 0 rings (SSSR count). The van der Waals surface area contributed by atoms with Crippen LogP contribution in [0.4, 0.5) is 4.53 Å². The summed E-state index contributed by atoms with van der Waals surface area (Å²) in [5.41, 5.74) is 0. The zero-order valence-corrected chi connectivity index (χ0v) is 4.68. The fourth-order valence-corrected chi connectivity index (χ4v) is 0.252. The van der Waals surface area contributed by atoms with E-state index in [9.17, 15) is 9.32 Å². The minimum atomic E-state index is -1.09. The molecule has 0 bridgehead atoms. The van der Waals surface area contributed by atoms with Gasteiger partial charge < -0.3 is 4.74 Å². The summed E-state index contributed by atoms with van der Waals surface area (Å²) in [6.07, 6.45) is -1.09. The monoisotopic (exact) mass is 122 g/mol. The van der Waals surface area contributed by atoms with Crippen molar-refractivity contribution in [3.05, 3.63) is 0 Å². The second kappa shape index (κ2) is 3.37. The maximum Gasteiger partial charge on any atom is 0.305 e. The molecule has 1 unspecified atom stereocenters. The van der Waals surface area contributed by atoms with Crippen LogP contribution in [-0.2, 0) is 14.5 Å². The molecule has 4 heteroatoms. The van der Waals surface area contributed by atoms with Crippen LogP contribution in [0, 0.1) is 0 Å². The number of halogens is 1. The first-order valence-electron chi connectivity index (χ1n) is 2.11. The summed E-state index contributed by atoms with van der Waals surface area (Å²) in [4.78, 5) is 13.1. The van der Waals surface area contributed by atoms with Crippen molar-refractivity contribution in [2.45, 2.75) is 20.1 Å². The molecule has 0 aliphatic carbocycles. The quantitative estimate of drug-likeness (QED) is 0.401. The van der Waals surface area contributed by atoms with Crippen molar-refractivity contribution in [2.24, 2.45) is 0 Å². The van der Waals surface area contributed by atoms with Crippen LogP contribution in [0.3, 0.4) is 0 Å². The Labute approximate surface area is 46.3 Å². The Morgan fingerprint density at radius 3 is 2.38 bits per heavy atom. The number of hydrogen-bond acceptors (Lipinski definition) is 3. The molecule has 0 amide bonds. The number of carbonyl (C=O) groups excluding carboxylic acids is 1. The highest BCUT2D eigenvalue weighted by Gasteiger charge is 2.02. The molecule has 0 N–H and O–H groups in total. The molecule has 0 aliphatic rings. The predicted molar refractivity (Wildman–Crippen MR) is 23.4 cm³/mol. The maximum atomic E-state index is 11.0. The Kier molecular flexibility index (Phi) is 3.10. The highest BCUT2D eigenvalue weighted by molar-refractivity contribution is 5.65. The zero-order chi connectivity index (χ0) is 6.57. The van der Waals surface area contributed by atoms with Crippen LogP contribution in [0.1, 0.15) is 13.8 Å². The first kappa shape index (κ1) is 7.36. The van der Waals surface area contributed by atoms with Gasteiger partial charge in [0, 0.05) is 13.8 Å². The van der Waals surface area contributed by atoms with E-state index >= 15 is 0 Å². The van der Waals surface area contributed by atoms with Gasteiger partial charge in [-0.05, 0) is 4.53 Å². The van der Waals surface area contributed by atoms with Gasteiger partial charge in [-0.1, -0.05) is 0 Å². The van der Waals surface area contributed by atoms with E-state index in [4.69, 9.17) is 0 Å². The van der Waals surface area contributed by atoms with Crippen LogP contribution in [0.15, 0.2) is 0 Å². The fourth-order valence-electron chi connectivity index (χ4n) is 0.252. The first-order chi connectivity index (χ1) is 3.66. The standard InChI is InChI=1S/C4H7FO3/c1-3(6)7-4(2)8-5/h4H,1-2H3. The summed E-state index contributed by atoms with van der Waals surface area (Å²) in [6.45, 7) is 2.46. The third-order valence-corrected chi connectivity index (χ3v) is 0.457. The lowest BCUT2D eigenvalue weighted by Crippen LogP contribution is -2.11. The zero-order valence-electron chi connectivity index (χ0n) is 4.68. The van der Waals surface area contributed by atoms with E-state index < -0.39 is 12.3 Å². The van der Waals surface area contributed by atoms with Gasteiger partial charge in [-0.15, -0.1) is 4.94 Å². The molecule has 0 fully saturated rings. The lowest BCUT2D eigenvalue weighted by atomic mass is 10.7. The highest BCUT2D eigenvalue weighted by atomic mass is 19.3.